The van der Waals surface area contributed by atoms with Gasteiger partial charge in [-0.25, -0.2) is 0 Å². The van der Waals surface area contributed by atoms with Gasteiger partial charge in [0.2, 0.25) is 11.8 Å². The summed E-state index contributed by atoms with van der Waals surface area (Å²) in [6, 6.07) is 5.76. The predicted molar refractivity (Wildman–Crippen MR) is 89.4 cm³/mol. The van der Waals surface area contributed by atoms with E-state index in [1.165, 1.54) is 6.92 Å². The quantitative estimate of drug-likeness (QED) is 0.762. The Morgan fingerprint density at radius 3 is 2.62 bits per heavy atom. The zero-order valence-electron chi connectivity index (χ0n) is 12.9. The Balaban J connectivity index is 2.64. The molecule has 1 aromatic rings. The second-order valence-corrected chi connectivity index (χ2v) is 5.91. The normalized spacial score (nSPS) is 10.3. The fourth-order valence-electron chi connectivity index (χ4n) is 1.92. The summed E-state index contributed by atoms with van der Waals surface area (Å²) in [6.45, 7) is 6.68. The van der Waals surface area contributed by atoms with Crippen LogP contribution in [0.2, 0.25) is 0 Å². The van der Waals surface area contributed by atoms with Crippen LogP contribution in [0.4, 0.5) is 5.69 Å². The molecule has 1 rings (SSSR count). The van der Waals surface area contributed by atoms with Crippen molar-refractivity contribution in [1.29, 1.82) is 0 Å². The SMILES string of the molecule is CCCCNC(=O)CCN(C(C)=O)c1ccc(C)c(Br)c1. The topological polar surface area (TPSA) is 49.4 Å². The molecule has 0 aliphatic heterocycles. The van der Waals surface area contributed by atoms with E-state index in [-0.39, 0.29) is 11.8 Å². The molecule has 21 heavy (non-hydrogen) atoms. The fraction of sp³-hybridized carbons (Fsp3) is 0.500. The third-order valence-corrected chi connectivity index (χ3v) is 4.12. The Kier molecular flexibility index (Phi) is 7.43. The first kappa shape index (κ1) is 17.7. The van der Waals surface area contributed by atoms with Gasteiger partial charge < -0.3 is 10.2 Å². The first-order valence-corrected chi connectivity index (χ1v) is 8.06. The van der Waals surface area contributed by atoms with Crippen molar-refractivity contribution in [3.05, 3.63) is 28.2 Å². The molecule has 5 heteroatoms. The molecule has 0 spiro atoms. The van der Waals surface area contributed by atoms with E-state index in [2.05, 4.69) is 28.2 Å². The lowest BCUT2D eigenvalue weighted by molar-refractivity contribution is -0.121. The summed E-state index contributed by atoms with van der Waals surface area (Å²) in [4.78, 5) is 25.2. The average molecular weight is 355 g/mol. The third kappa shape index (κ3) is 5.87. The molecular formula is C16H23BrN2O2. The minimum atomic E-state index is -0.0629. The van der Waals surface area contributed by atoms with Gasteiger partial charge in [-0.1, -0.05) is 35.3 Å². The van der Waals surface area contributed by atoms with Crippen molar-refractivity contribution in [2.24, 2.45) is 0 Å². The van der Waals surface area contributed by atoms with E-state index in [1.807, 2.05) is 25.1 Å². The zero-order valence-corrected chi connectivity index (χ0v) is 14.5. The number of amides is 2. The molecule has 1 aromatic carbocycles. The minimum Gasteiger partial charge on any atom is -0.356 e. The van der Waals surface area contributed by atoms with Crippen molar-refractivity contribution < 1.29 is 9.59 Å². The number of aryl methyl sites for hydroxylation is 1. The van der Waals surface area contributed by atoms with Gasteiger partial charge in [-0.3, -0.25) is 9.59 Å². The van der Waals surface area contributed by atoms with E-state index in [0.717, 1.165) is 28.6 Å². The van der Waals surface area contributed by atoms with Gasteiger partial charge in [-0.05, 0) is 31.0 Å². The summed E-state index contributed by atoms with van der Waals surface area (Å²) in [5, 5.41) is 2.86. The Hall–Kier alpha value is -1.36. The smallest absolute Gasteiger partial charge is 0.223 e. The van der Waals surface area contributed by atoms with Crippen LogP contribution in [0.1, 0.15) is 38.7 Å². The van der Waals surface area contributed by atoms with Crippen molar-refractivity contribution in [1.82, 2.24) is 5.32 Å². The van der Waals surface area contributed by atoms with Crippen LogP contribution >= 0.6 is 15.9 Å². The molecular weight excluding hydrogens is 332 g/mol. The highest BCUT2D eigenvalue weighted by Crippen LogP contribution is 2.23. The first-order valence-electron chi connectivity index (χ1n) is 7.26. The van der Waals surface area contributed by atoms with Gasteiger partial charge >= 0.3 is 0 Å². The standard InChI is InChI=1S/C16H23BrN2O2/c1-4-5-9-18-16(21)8-10-19(13(3)20)14-7-6-12(2)15(17)11-14/h6-7,11H,4-5,8-10H2,1-3H3,(H,18,21). The van der Waals surface area contributed by atoms with E-state index in [9.17, 15) is 9.59 Å². The number of nitrogens with one attached hydrogen (secondary N) is 1. The summed E-state index contributed by atoms with van der Waals surface area (Å²) >= 11 is 3.47. The van der Waals surface area contributed by atoms with Crippen molar-refractivity contribution in [3.8, 4) is 0 Å². The molecule has 0 unspecified atom stereocenters. The molecule has 0 heterocycles. The molecule has 1 N–H and O–H groups in total. The Labute approximate surface area is 135 Å². The summed E-state index contributed by atoms with van der Waals surface area (Å²) in [5.74, 6) is -0.0759. The monoisotopic (exact) mass is 354 g/mol. The van der Waals surface area contributed by atoms with E-state index < -0.39 is 0 Å². The highest BCUT2D eigenvalue weighted by atomic mass is 79.9. The lowest BCUT2D eigenvalue weighted by Crippen LogP contribution is -2.34. The number of nitrogens with zero attached hydrogens (tertiary/aromatic N) is 1. The largest absolute Gasteiger partial charge is 0.356 e. The Morgan fingerprint density at radius 2 is 2.05 bits per heavy atom. The molecule has 2 amide bonds. The van der Waals surface area contributed by atoms with Crippen molar-refractivity contribution in [3.63, 3.8) is 0 Å². The molecule has 0 radical (unpaired) electrons. The number of hydrogen-bond acceptors (Lipinski definition) is 2. The Morgan fingerprint density at radius 1 is 1.33 bits per heavy atom. The van der Waals surface area contributed by atoms with Crippen molar-refractivity contribution >= 4 is 33.4 Å². The van der Waals surface area contributed by atoms with Gasteiger partial charge in [0.1, 0.15) is 0 Å². The van der Waals surface area contributed by atoms with Crippen LogP contribution in [0.3, 0.4) is 0 Å². The number of rotatable bonds is 7. The first-order chi connectivity index (χ1) is 9.95. The van der Waals surface area contributed by atoms with Crippen LogP contribution < -0.4 is 10.2 Å². The number of hydrogen-bond donors (Lipinski definition) is 1. The highest BCUT2D eigenvalue weighted by Gasteiger charge is 2.14. The van der Waals surface area contributed by atoms with Gasteiger partial charge in [0.05, 0.1) is 0 Å². The van der Waals surface area contributed by atoms with E-state index in [0.29, 0.717) is 19.5 Å². The number of unbranched alkanes of at least 4 members (excludes halogenated alkanes) is 1. The summed E-state index contributed by atoms with van der Waals surface area (Å²) < 4.78 is 0.957. The maximum atomic E-state index is 11.8. The molecule has 0 fully saturated rings. The maximum Gasteiger partial charge on any atom is 0.223 e. The van der Waals surface area contributed by atoms with Crippen molar-refractivity contribution in [2.75, 3.05) is 18.0 Å². The molecule has 0 saturated heterocycles. The number of carbonyl (C=O) groups is 2. The van der Waals surface area contributed by atoms with Crippen LogP contribution in [0.25, 0.3) is 0 Å². The lowest BCUT2D eigenvalue weighted by Gasteiger charge is -2.21. The summed E-state index contributed by atoms with van der Waals surface area (Å²) in [5.41, 5.74) is 1.92. The van der Waals surface area contributed by atoms with Crippen molar-refractivity contribution in [2.45, 2.75) is 40.0 Å². The van der Waals surface area contributed by atoms with Gasteiger partial charge in [-0.15, -0.1) is 0 Å². The minimum absolute atomic E-state index is 0.0131. The molecule has 0 aromatic heterocycles. The molecule has 0 atom stereocenters. The zero-order chi connectivity index (χ0) is 15.8. The predicted octanol–water partition coefficient (Wildman–Crippen LogP) is 3.42. The number of halogens is 1. The molecule has 0 aliphatic rings. The molecule has 0 aliphatic carbocycles. The van der Waals surface area contributed by atoms with Gasteiger partial charge in [0.15, 0.2) is 0 Å². The van der Waals surface area contributed by atoms with E-state index in [1.54, 1.807) is 4.90 Å². The van der Waals surface area contributed by atoms with E-state index in [4.69, 9.17) is 0 Å². The van der Waals surface area contributed by atoms with Crippen LogP contribution in [-0.2, 0) is 9.59 Å². The molecule has 4 nitrogen and oxygen atoms in total. The lowest BCUT2D eigenvalue weighted by atomic mass is 10.2. The number of anilines is 1. The van der Waals surface area contributed by atoms with Gasteiger partial charge in [-0.2, -0.15) is 0 Å². The maximum absolute atomic E-state index is 11.8. The number of benzene rings is 1. The third-order valence-electron chi connectivity index (χ3n) is 3.26. The second-order valence-electron chi connectivity index (χ2n) is 5.06. The molecule has 0 saturated carbocycles. The Bertz CT molecular complexity index is 503. The molecule has 0 bridgehead atoms. The number of carbonyl (C=O) groups excluding carboxylic acids is 2. The second kappa shape index (κ2) is 8.82. The fourth-order valence-corrected chi connectivity index (χ4v) is 2.29. The molecule has 116 valence electrons. The summed E-state index contributed by atoms with van der Waals surface area (Å²) in [6.07, 6.45) is 2.35. The van der Waals surface area contributed by atoms with Gasteiger partial charge in [0.25, 0.3) is 0 Å². The van der Waals surface area contributed by atoms with Crippen LogP contribution in [0.15, 0.2) is 22.7 Å². The van der Waals surface area contributed by atoms with Crippen LogP contribution in [-0.4, -0.2) is 24.9 Å². The average Bonchev–Trinajstić information content (AvgIpc) is 2.43. The van der Waals surface area contributed by atoms with Crippen LogP contribution in [0.5, 0.6) is 0 Å². The van der Waals surface area contributed by atoms with Gasteiger partial charge in [0, 0.05) is 36.6 Å². The van der Waals surface area contributed by atoms with E-state index >= 15 is 0 Å². The highest BCUT2D eigenvalue weighted by molar-refractivity contribution is 9.10. The summed E-state index contributed by atoms with van der Waals surface area (Å²) in [7, 11) is 0. The van der Waals surface area contributed by atoms with Crippen LogP contribution in [0, 0.1) is 6.92 Å².